The number of hydrogen-bond donors (Lipinski definition) is 2. The average Bonchev–Trinajstić information content (AvgIpc) is 2.38. The van der Waals surface area contributed by atoms with E-state index in [2.05, 4.69) is 15.3 Å². The lowest BCUT2D eigenvalue weighted by Gasteiger charge is -2.09. The highest BCUT2D eigenvalue weighted by Crippen LogP contribution is 2.26. The van der Waals surface area contributed by atoms with Crippen LogP contribution in [0.3, 0.4) is 0 Å². The first-order valence-corrected chi connectivity index (χ1v) is 6.96. The van der Waals surface area contributed by atoms with Crippen LogP contribution in [-0.2, 0) is 0 Å². The number of carboxylic acid groups (broad SMARTS) is 1. The van der Waals surface area contributed by atoms with Crippen molar-refractivity contribution in [2.24, 2.45) is 0 Å². The Kier molecular flexibility index (Phi) is 4.57. The van der Waals surface area contributed by atoms with Crippen molar-refractivity contribution in [2.75, 3.05) is 5.32 Å². The summed E-state index contributed by atoms with van der Waals surface area (Å²) in [6.07, 6.45) is 3.32. The Hall–Kier alpha value is -2.08. The zero-order valence-corrected chi connectivity index (χ0v) is 12.0. The number of carbonyl (C=O) groups is 1. The second-order valence-electron chi connectivity index (χ2n) is 4.48. The maximum atomic E-state index is 10.9. The second-order valence-corrected chi connectivity index (χ2v) is 5.57. The summed E-state index contributed by atoms with van der Waals surface area (Å²) in [5, 5.41) is 12.9. The molecule has 0 saturated carbocycles. The number of rotatable bonds is 5. The van der Waals surface area contributed by atoms with Gasteiger partial charge in [-0.1, -0.05) is 17.8 Å². The molecular formula is C14H15N3O2S. The van der Waals surface area contributed by atoms with E-state index < -0.39 is 5.97 Å². The highest BCUT2D eigenvalue weighted by atomic mass is 32.2. The topological polar surface area (TPSA) is 75.1 Å². The number of carboxylic acids is 1. The van der Waals surface area contributed by atoms with Crippen molar-refractivity contribution in [1.29, 1.82) is 0 Å². The van der Waals surface area contributed by atoms with E-state index in [1.165, 1.54) is 11.8 Å². The van der Waals surface area contributed by atoms with Crippen LogP contribution in [0.15, 0.2) is 46.6 Å². The van der Waals surface area contributed by atoms with Crippen LogP contribution in [0.4, 0.5) is 5.82 Å². The quantitative estimate of drug-likeness (QED) is 0.880. The van der Waals surface area contributed by atoms with E-state index in [-0.39, 0.29) is 11.6 Å². The first kappa shape index (κ1) is 14.3. The molecule has 2 N–H and O–H groups in total. The molecule has 0 aliphatic carbocycles. The molecule has 0 spiro atoms. The summed E-state index contributed by atoms with van der Waals surface area (Å²) in [5.74, 6) is -0.229. The molecule has 0 atom stereocenters. The first-order valence-electron chi connectivity index (χ1n) is 6.14. The average molecular weight is 289 g/mol. The fraction of sp³-hybridized carbons (Fsp3) is 0.214. The molecule has 0 fully saturated rings. The number of aromatic carboxylic acids is 1. The second kappa shape index (κ2) is 6.38. The highest BCUT2D eigenvalue weighted by Gasteiger charge is 2.06. The zero-order valence-electron chi connectivity index (χ0n) is 11.2. The van der Waals surface area contributed by atoms with Gasteiger partial charge in [0.1, 0.15) is 10.8 Å². The predicted octanol–water partition coefficient (Wildman–Crippen LogP) is 3.15. The molecule has 6 heteroatoms. The van der Waals surface area contributed by atoms with Gasteiger partial charge in [0.05, 0.1) is 18.0 Å². The molecule has 0 bridgehead atoms. The maximum absolute atomic E-state index is 10.9. The molecule has 0 unspecified atom stereocenters. The Morgan fingerprint density at radius 3 is 2.85 bits per heavy atom. The Labute approximate surface area is 121 Å². The molecule has 5 nitrogen and oxygen atoms in total. The van der Waals surface area contributed by atoms with E-state index in [0.29, 0.717) is 5.82 Å². The van der Waals surface area contributed by atoms with Gasteiger partial charge in [-0.15, -0.1) is 0 Å². The number of hydrogen-bond acceptors (Lipinski definition) is 5. The third-order valence-corrected chi connectivity index (χ3v) is 3.25. The molecule has 0 saturated heterocycles. The molecule has 1 aromatic heterocycles. The maximum Gasteiger partial charge on any atom is 0.335 e. The van der Waals surface area contributed by atoms with E-state index in [0.717, 1.165) is 9.92 Å². The zero-order chi connectivity index (χ0) is 14.5. The molecule has 1 aromatic carbocycles. The van der Waals surface area contributed by atoms with Gasteiger partial charge in [-0.2, -0.15) is 0 Å². The molecule has 20 heavy (non-hydrogen) atoms. The highest BCUT2D eigenvalue weighted by molar-refractivity contribution is 7.99. The van der Waals surface area contributed by atoms with Crippen molar-refractivity contribution in [3.05, 3.63) is 42.2 Å². The van der Waals surface area contributed by atoms with Gasteiger partial charge in [0, 0.05) is 10.9 Å². The Bertz CT molecular complexity index is 617. The fourth-order valence-corrected chi connectivity index (χ4v) is 2.41. The van der Waals surface area contributed by atoms with Gasteiger partial charge in [0.2, 0.25) is 0 Å². The third kappa shape index (κ3) is 3.96. The molecule has 104 valence electrons. The number of benzene rings is 1. The van der Waals surface area contributed by atoms with Gasteiger partial charge in [-0.05, 0) is 32.0 Å². The molecule has 1 heterocycles. The smallest absolute Gasteiger partial charge is 0.335 e. The predicted molar refractivity (Wildman–Crippen MR) is 78.3 cm³/mol. The molecule has 0 aliphatic rings. The lowest BCUT2D eigenvalue weighted by atomic mass is 10.2. The molecule has 0 aliphatic heterocycles. The minimum Gasteiger partial charge on any atom is -0.478 e. The summed E-state index contributed by atoms with van der Waals surface area (Å²) in [5.41, 5.74) is 0.263. The third-order valence-electron chi connectivity index (χ3n) is 2.35. The van der Waals surface area contributed by atoms with E-state index in [1.54, 1.807) is 30.6 Å². The van der Waals surface area contributed by atoms with Crippen molar-refractivity contribution in [1.82, 2.24) is 9.97 Å². The van der Waals surface area contributed by atoms with Crippen molar-refractivity contribution in [3.63, 3.8) is 0 Å². The van der Waals surface area contributed by atoms with Crippen LogP contribution in [-0.4, -0.2) is 27.1 Å². The number of anilines is 1. The SMILES string of the molecule is CC(C)Nc1cncc(Sc2cccc(C(=O)O)c2)n1. The Morgan fingerprint density at radius 2 is 2.15 bits per heavy atom. The number of nitrogens with zero attached hydrogens (tertiary/aromatic N) is 2. The van der Waals surface area contributed by atoms with E-state index in [1.807, 2.05) is 19.9 Å². The summed E-state index contributed by atoms with van der Waals surface area (Å²) < 4.78 is 0. The normalized spacial score (nSPS) is 10.6. The van der Waals surface area contributed by atoms with Crippen molar-refractivity contribution >= 4 is 23.5 Å². The van der Waals surface area contributed by atoms with Gasteiger partial charge >= 0.3 is 5.97 Å². The van der Waals surface area contributed by atoms with Gasteiger partial charge in [-0.25, -0.2) is 9.78 Å². The molecule has 2 rings (SSSR count). The minimum atomic E-state index is -0.936. The molecular weight excluding hydrogens is 274 g/mol. The van der Waals surface area contributed by atoms with Crippen LogP contribution in [0.5, 0.6) is 0 Å². The molecule has 0 radical (unpaired) electrons. The van der Waals surface area contributed by atoms with E-state index in [9.17, 15) is 4.79 Å². The Morgan fingerprint density at radius 1 is 1.35 bits per heavy atom. The van der Waals surface area contributed by atoms with Crippen LogP contribution in [0.25, 0.3) is 0 Å². The van der Waals surface area contributed by atoms with Gasteiger partial charge < -0.3 is 10.4 Å². The largest absolute Gasteiger partial charge is 0.478 e. The van der Waals surface area contributed by atoms with Crippen LogP contribution >= 0.6 is 11.8 Å². The Balaban J connectivity index is 2.17. The first-order chi connectivity index (χ1) is 9.54. The summed E-state index contributed by atoms with van der Waals surface area (Å²) in [6.45, 7) is 4.05. The van der Waals surface area contributed by atoms with Crippen molar-refractivity contribution in [3.8, 4) is 0 Å². The summed E-state index contributed by atoms with van der Waals surface area (Å²) in [4.78, 5) is 20.3. The summed E-state index contributed by atoms with van der Waals surface area (Å²) >= 11 is 1.38. The van der Waals surface area contributed by atoms with Crippen LogP contribution in [0, 0.1) is 0 Å². The number of nitrogens with one attached hydrogen (secondary N) is 1. The molecule has 2 aromatic rings. The van der Waals surface area contributed by atoms with E-state index in [4.69, 9.17) is 5.11 Å². The van der Waals surface area contributed by atoms with Crippen molar-refractivity contribution in [2.45, 2.75) is 29.8 Å². The standard InChI is InChI=1S/C14H15N3O2S/c1-9(2)16-12-7-15-8-13(17-12)20-11-5-3-4-10(6-11)14(18)19/h3-9H,1-2H3,(H,16,17)(H,18,19). The van der Waals surface area contributed by atoms with E-state index >= 15 is 0 Å². The summed E-state index contributed by atoms with van der Waals surface area (Å²) in [6, 6.07) is 7.03. The summed E-state index contributed by atoms with van der Waals surface area (Å²) in [7, 11) is 0. The van der Waals surface area contributed by atoms with Gasteiger partial charge in [0.25, 0.3) is 0 Å². The van der Waals surface area contributed by atoms with Crippen LogP contribution < -0.4 is 5.32 Å². The van der Waals surface area contributed by atoms with Gasteiger partial charge in [-0.3, -0.25) is 4.98 Å². The fourth-order valence-electron chi connectivity index (χ4n) is 1.58. The van der Waals surface area contributed by atoms with Crippen LogP contribution in [0.2, 0.25) is 0 Å². The lowest BCUT2D eigenvalue weighted by Crippen LogP contribution is -2.11. The van der Waals surface area contributed by atoms with Crippen LogP contribution in [0.1, 0.15) is 24.2 Å². The van der Waals surface area contributed by atoms with Gasteiger partial charge in [0.15, 0.2) is 0 Å². The monoisotopic (exact) mass is 289 g/mol. The van der Waals surface area contributed by atoms with Crippen molar-refractivity contribution < 1.29 is 9.90 Å². The number of aromatic nitrogens is 2. The lowest BCUT2D eigenvalue weighted by molar-refractivity contribution is 0.0696. The molecule has 0 amide bonds. The minimum absolute atomic E-state index is 0.263.